The Morgan fingerprint density at radius 1 is 1.33 bits per heavy atom. The van der Waals surface area contributed by atoms with Crippen molar-refractivity contribution in [2.75, 3.05) is 18.0 Å². The molecule has 1 aromatic carbocycles. The van der Waals surface area contributed by atoms with Gasteiger partial charge in [-0.15, -0.1) is 0 Å². The van der Waals surface area contributed by atoms with Gasteiger partial charge in [-0.1, -0.05) is 16.8 Å². The molecule has 2 atom stereocenters. The Morgan fingerprint density at radius 2 is 1.94 bits per heavy atom. The molecule has 2 unspecified atom stereocenters. The van der Waals surface area contributed by atoms with Crippen LogP contribution in [0.1, 0.15) is 5.56 Å². The maximum atomic E-state index is 9.55. The van der Waals surface area contributed by atoms with E-state index < -0.39 is 12.2 Å². The van der Waals surface area contributed by atoms with Crippen molar-refractivity contribution in [1.29, 1.82) is 0 Å². The molecule has 1 aliphatic rings. The summed E-state index contributed by atoms with van der Waals surface area (Å²) in [6, 6.07) is 4.91. The Hall–Kier alpha value is -1.50. The molecule has 0 saturated carbocycles. The first-order chi connectivity index (χ1) is 8.52. The summed E-state index contributed by atoms with van der Waals surface area (Å²) in [5, 5.41) is 31.3. The molecule has 7 heteroatoms. The number of β-amino-alcohol motifs (C(OH)–C–C–N with tert-alkyl or cyclic N) is 2. The first kappa shape index (κ1) is 12.9. The molecule has 0 amide bonds. The fourth-order valence-electron chi connectivity index (χ4n) is 2.00. The van der Waals surface area contributed by atoms with Crippen molar-refractivity contribution < 1.29 is 15.4 Å². The molecule has 1 aliphatic heterocycles. The summed E-state index contributed by atoms with van der Waals surface area (Å²) in [7, 11) is 0. The van der Waals surface area contributed by atoms with Gasteiger partial charge in [0, 0.05) is 29.4 Å². The van der Waals surface area contributed by atoms with E-state index in [-0.39, 0.29) is 18.9 Å². The average molecular weight is 272 g/mol. The summed E-state index contributed by atoms with van der Waals surface area (Å²) in [6.45, 7) is 0.542. The van der Waals surface area contributed by atoms with Crippen LogP contribution in [-0.4, -0.2) is 46.6 Å². The Bertz CT molecular complexity index is 471. The standard InChI is InChI=1S/C11H14ClN3O3/c12-6-1-2-7(11(13)14-18)8(3-6)15-4-9(16)10(17)5-15/h1-3,9-10,16-18H,4-5H2,(H2,13,14). The van der Waals surface area contributed by atoms with Gasteiger partial charge >= 0.3 is 0 Å². The number of halogens is 1. The normalized spacial score (nSPS) is 24.6. The van der Waals surface area contributed by atoms with Crippen LogP contribution in [0.15, 0.2) is 23.4 Å². The summed E-state index contributed by atoms with van der Waals surface area (Å²) >= 11 is 5.92. The highest BCUT2D eigenvalue weighted by Gasteiger charge is 2.31. The molecule has 2 rings (SSSR count). The lowest BCUT2D eigenvalue weighted by Gasteiger charge is -2.21. The minimum absolute atomic E-state index is 0.0439. The van der Waals surface area contributed by atoms with Crippen molar-refractivity contribution >= 4 is 23.1 Å². The topological polar surface area (TPSA) is 102 Å². The number of benzene rings is 1. The van der Waals surface area contributed by atoms with E-state index in [4.69, 9.17) is 22.5 Å². The van der Waals surface area contributed by atoms with E-state index in [0.29, 0.717) is 16.3 Å². The largest absolute Gasteiger partial charge is 0.409 e. The summed E-state index contributed by atoms with van der Waals surface area (Å²) in [4.78, 5) is 1.74. The highest BCUT2D eigenvalue weighted by Crippen LogP contribution is 2.28. The Balaban J connectivity index is 2.40. The zero-order chi connectivity index (χ0) is 13.3. The minimum atomic E-state index is -0.816. The van der Waals surface area contributed by atoms with Crippen LogP contribution in [0.3, 0.4) is 0 Å². The molecule has 0 aliphatic carbocycles. The van der Waals surface area contributed by atoms with Gasteiger partial charge in [-0.05, 0) is 18.2 Å². The number of oxime groups is 1. The molecule has 0 spiro atoms. The summed E-state index contributed by atoms with van der Waals surface area (Å²) in [6.07, 6.45) is -1.63. The molecule has 6 nitrogen and oxygen atoms in total. The third-order valence-corrected chi connectivity index (χ3v) is 3.18. The molecule has 1 aromatic rings. The third kappa shape index (κ3) is 2.35. The van der Waals surface area contributed by atoms with Crippen molar-refractivity contribution in [2.24, 2.45) is 10.9 Å². The SMILES string of the molecule is N/C(=N/O)c1ccc(Cl)cc1N1CC(O)C(O)C1. The minimum Gasteiger partial charge on any atom is -0.409 e. The van der Waals surface area contributed by atoms with E-state index in [2.05, 4.69) is 5.16 Å². The Labute approximate surface area is 109 Å². The number of aliphatic hydroxyl groups is 2. The predicted octanol–water partition coefficient (Wildman–Crippen LogP) is -0.0237. The number of nitrogens with zero attached hydrogens (tertiary/aromatic N) is 2. The maximum Gasteiger partial charge on any atom is 0.172 e. The van der Waals surface area contributed by atoms with Crippen LogP contribution >= 0.6 is 11.6 Å². The number of anilines is 1. The quantitative estimate of drug-likeness (QED) is 0.262. The second-order valence-corrected chi connectivity index (χ2v) is 4.62. The second kappa shape index (κ2) is 5.01. The lowest BCUT2D eigenvalue weighted by Crippen LogP contribution is -2.25. The van der Waals surface area contributed by atoms with Crippen molar-refractivity contribution in [2.45, 2.75) is 12.2 Å². The molecule has 0 aromatic heterocycles. The smallest absolute Gasteiger partial charge is 0.172 e. The molecule has 18 heavy (non-hydrogen) atoms. The highest BCUT2D eigenvalue weighted by molar-refractivity contribution is 6.31. The Morgan fingerprint density at radius 3 is 2.50 bits per heavy atom. The lowest BCUT2D eigenvalue weighted by atomic mass is 10.1. The molecular formula is C11H14ClN3O3. The fraction of sp³-hybridized carbons (Fsp3) is 0.364. The molecular weight excluding hydrogens is 258 g/mol. The van der Waals surface area contributed by atoms with Gasteiger partial charge in [0.05, 0.1) is 12.2 Å². The van der Waals surface area contributed by atoms with E-state index in [1.165, 1.54) is 0 Å². The van der Waals surface area contributed by atoms with Crippen molar-refractivity contribution in [1.82, 2.24) is 0 Å². The highest BCUT2D eigenvalue weighted by atomic mass is 35.5. The van der Waals surface area contributed by atoms with Crippen LogP contribution in [0.4, 0.5) is 5.69 Å². The van der Waals surface area contributed by atoms with Crippen LogP contribution in [0.2, 0.25) is 5.02 Å². The monoisotopic (exact) mass is 271 g/mol. The van der Waals surface area contributed by atoms with Gasteiger partial charge < -0.3 is 26.1 Å². The zero-order valence-electron chi connectivity index (χ0n) is 9.49. The predicted molar refractivity (Wildman–Crippen MR) is 68.2 cm³/mol. The van der Waals surface area contributed by atoms with Crippen molar-refractivity contribution in [3.8, 4) is 0 Å². The molecule has 5 N–H and O–H groups in total. The van der Waals surface area contributed by atoms with Gasteiger partial charge in [-0.2, -0.15) is 0 Å². The summed E-state index contributed by atoms with van der Waals surface area (Å²) < 4.78 is 0. The van der Waals surface area contributed by atoms with Gasteiger partial charge in [0.15, 0.2) is 5.84 Å². The van der Waals surface area contributed by atoms with Crippen molar-refractivity contribution in [3.63, 3.8) is 0 Å². The molecule has 1 heterocycles. The average Bonchev–Trinajstić information content (AvgIpc) is 2.68. The Kier molecular flexibility index (Phi) is 3.60. The number of amidine groups is 1. The van der Waals surface area contributed by atoms with Crippen LogP contribution < -0.4 is 10.6 Å². The fourth-order valence-corrected chi connectivity index (χ4v) is 2.17. The van der Waals surface area contributed by atoms with Crippen molar-refractivity contribution in [3.05, 3.63) is 28.8 Å². The first-order valence-corrected chi connectivity index (χ1v) is 5.79. The second-order valence-electron chi connectivity index (χ2n) is 4.19. The first-order valence-electron chi connectivity index (χ1n) is 5.41. The molecule has 1 fully saturated rings. The molecule has 1 saturated heterocycles. The molecule has 0 radical (unpaired) electrons. The van der Waals surface area contributed by atoms with E-state index in [9.17, 15) is 10.2 Å². The van der Waals surface area contributed by atoms with E-state index >= 15 is 0 Å². The van der Waals surface area contributed by atoms with Gasteiger partial charge in [-0.3, -0.25) is 0 Å². The number of hydrogen-bond donors (Lipinski definition) is 4. The number of nitrogens with two attached hydrogens (primary N) is 1. The van der Waals surface area contributed by atoms with E-state index in [1.807, 2.05) is 0 Å². The van der Waals surface area contributed by atoms with Crippen LogP contribution in [0.5, 0.6) is 0 Å². The number of hydrogen-bond acceptors (Lipinski definition) is 5. The number of rotatable bonds is 2. The van der Waals surface area contributed by atoms with E-state index in [1.54, 1.807) is 23.1 Å². The van der Waals surface area contributed by atoms with Gasteiger partial charge in [0.25, 0.3) is 0 Å². The number of aliphatic hydroxyl groups excluding tert-OH is 2. The third-order valence-electron chi connectivity index (χ3n) is 2.94. The van der Waals surface area contributed by atoms with Crippen LogP contribution in [0, 0.1) is 0 Å². The van der Waals surface area contributed by atoms with Crippen LogP contribution in [-0.2, 0) is 0 Å². The van der Waals surface area contributed by atoms with Crippen LogP contribution in [0.25, 0.3) is 0 Å². The molecule has 0 bridgehead atoms. The molecule has 98 valence electrons. The van der Waals surface area contributed by atoms with Gasteiger partial charge in [0.2, 0.25) is 0 Å². The zero-order valence-corrected chi connectivity index (χ0v) is 10.2. The van der Waals surface area contributed by atoms with E-state index in [0.717, 1.165) is 0 Å². The van der Waals surface area contributed by atoms with Gasteiger partial charge in [-0.25, -0.2) is 0 Å². The summed E-state index contributed by atoms with van der Waals surface area (Å²) in [5.74, 6) is -0.0439. The summed E-state index contributed by atoms with van der Waals surface area (Å²) in [5.41, 5.74) is 6.71. The van der Waals surface area contributed by atoms with Gasteiger partial charge in [0.1, 0.15) is 0 Å². The maximum absolute atomic E-state index is 9.55. The lowest BCUT2D eigenvalue weighted by molar-refractivity contribution is 0.0572.